The number of rotatable bonds is 15. The van der Waals surface area contributed by atoms with Gasteiger partial charge >= 0.3 is 0 Å². The number of anilines is 1. The van der Waals surface area contributed by atoms with Gasteiger partial charge in [0.1, 0.15) is 11.8 Å². The third-order valence-electron chi connectivity index (χ3n) is 6.03. The molecule has 0 aliphatic heterocycles. The Bertz CT molecular complexity index is 1190. The van der Waals surface area contributed by atoms with Gasteiger partial charge < -0.3 is 15.0 Å². The Morgan fingerprint density at radius 3 is 2.45 bits per heavy atom. The van der Waals surface area contributed by atoms with Crippen LogP contribution in [0.1, 0.15) is 51.5 Å². The second-order valence-corrected chi connectivity index (χ2v) is 11.7. The van der Waals surface area contributed by atoms with E-state index < -0.39 is 16.1 Å². The van der Waals surface area contributed by atoms with E-state index in [1.807, 2.05) is 38.1 Å². The minimum absolute atomic E-state index is 0.0249. The number of benzene rings is 2. The van der Waals surface area contributed by atoms with E-state index in [0.717, 1.165) is 29.0 Å². The van der Waals surface area contributed by atoms with Crippen molar-refractivity contribution in [1.82, 2.24) is 10.2 Å². The standard InChI is InChI=1S/C27H37Cl2N3O5S/c1-5-7-15-30-27(34)24(6-2)31(19-20-10-8-11-22(17-20)37-3)26(33)12-9-16-32(38(4,35)36)25-18-21(28)13-14-23(25)29/h8,10-11,13-14,17-18,24H,5-7,9,12,15-16,19H2,1-4H3,(H,30,34)/t24-/m0/s1. The SMILES string of the molecule is CCCCNC(=O)[C@H](CC)N(Cc1cccc(OC)c1)C(=O)CCCN(c1cc(Cl)ccc1Cl)S(C)(=O)=O. The van der Waals surface area contributed by atoms with Crippen molar-refractivity contribution in [2.45, 2.75) is 58.5 Å². The number of amides is 2. The molecule has 2 amide bonds. The van der Waals surface area contributed by atoms with Gasteiger partial charge in [-0.15, -0.1) is 0 Å². The minimum atomic E-state index is -3.69. The summed E-state index contributed by atoms with van der Waals surface area (Å²) < 4.78 is 31.5. The lowest BCUT2D eigenvalue weighted by molar-refractivity contribution is -0.141. The number of halogens is 2. The Labute approximate surface area is 236 Å². The van der Waals surface area contributed by atoms with Crippen LogP contribution in [0.4, 0.5) is 5.69 Å². The summed E-state index contributed by atoms with van der Waals surface area (Å²) in [5.41, 5.74) is 1.07. The first kappa shape index (κ1) is 31.7. The summed E-state index contributed by atoms with van der Waals surface area (Å²) in [4.78, 5) is 28.1. The van der Waals surface area contributed by atoms with E-state index >= 15 is 0 Å². The Morgan fingerprint density at radius 2 is 1.82 bits per heavy atom. The number of hydrogen-bond donors (Lipinski definition) is 1. The number of hydrogen-bond acceptors (Lipinski definition) is 5. The number of carbonyl (C=O) groups excluding carboxylic acids is 2. The molecule has 0 aliphatic carbocycles. The Kier molecular flexibility index (Phi) is 12.7. The van der Waals surface area contributed by atoms with Crippen LogP contribution >= 0.6 is 23.2 Å². The van der Waals surface area contributed by atoms with Crippen molar-refractivity contribution < 1.29 is 22.7 Å². The van der Waals surface area contributed by atoms with Gasteiger partial charge in [0.25, 0.3) is 0 Å². The number of sulfonamides is 1. The van der Waals surface area contributed by atoms with E-state index in [1.54, 1.807) is 18.1 Å². The summed E-state index contributed by atoms with van der Waals surface area (Å²) >= 11 is 12.3. The second kappa shape index (κ2) is 15.2. The van der Waals surface area contributed by atoms with Gasteiger partial charge in [-0.1, -0.05) is 55.6 Å². The number of nitrogens with one attached hydrogen (secondary N) is 1. The zero-order chi connectivity index (χ0) is 28.3. The zero-order valence-corrected chi connectivity index (χ0v) is 24.7. The van der Waals surface area contributed by atoms with Gasteiger partial charge in [-0.05, 0) is 55.2 Å². The number of unbranched alkanes of at least 4 members (excludes halogenated alkanes) is 1. The molecule has 0 radical (unpaired) electrons. The molecule has 0 spiro atoms. The van der Waals surface area contributed by atoms with Gasteiger partial charge in [0.15, 0.2) is 0 Å². The van der Waals surface area contributed by atoms with Crippen LogP contribution < -0.4 is 14.4 Å². The van der Waals surface area contributed by atoms with E-state index in [9.17, 15) is 18.0 Å². The summed E-state index contributed by atoms with van der Waals surface area (Å²) in [5, 5.41) is 3.52. The average Bonchev–Trinajstić information content (AvgIpc) is 2.87. The first-order chi connectivity index (χ1) is 18.0. The summed E-state index contributed by atoms with van der Waals surface area (Å²) in [5.74, 6) is 0.189. The van der Waals surface area contributed by atoms with Crippen LogP contribution in [0.3, 0.4) is 0 Å². The fourth-order valence-corrected chi connectivity index (χ4v) is 5.46. The van der Waals surface area contributed by atoms with Gasteiger partial charge in [-0.3, -0.25) is 13.9 Å². The molecule has 0 saturated carbocycles. The fourth-order valence-electron chi connectivity index (χ4n) is 4.05. The molecule has 38 heavy (non-hydrogen) atoms. The Hall–Kier alpha value is -2.49. The van der Waals surface area contributed by atoms with Crippen LogP contribution in [0, 0.1) is 0 Å². The fraction of sp³-hybridized carbons (Fsp3) is 0.481. The maximum Gasteiger partial charge on any atom is 0.242 e. The van der Waals surface area contributed by atoms with Gasteiger partial charge in [0.05, 0.1) is 24.1 Å². The summed E-state index contributed by atoms with van der Waals surface area (Å²) in [7, 11) is -2.12. The second-order valence-electron chi connectivity index (χ2n) is 8.98. The largest absolute Gasteiger partial charge is 0.497 e. The lowest BCUT2D eigenvalue weighted by atomic mass is 10.1. The minimum Gasteiger partial charge on any atom is -0.497 e. The molecule has 0 aromatic heterocycles. The molecule has 2 aromatic rings. The first-order valence-corrected chi connectivity index (χ1v) is 15.2. The topological polar surface area (TPSA) is 96.0 Å². The molecule has 0 unspecified atom stereocenters. The lowest BCUT2D eigenvalue weighted by Crippen LogP contribution is -2.49. The molecule has 0 saturated heterocycles. The smallest absolute Gasteiger partial charge is 0.242 e. The average molecular weight is 587 g/mol. The number of carbonyl (C=O) groups is 2. The van der Waals surface area contributed by atoms with Crippen LogP contribution in [0.15, 0.2) is 42.5 Å². The quantitative estimate of drug-likeness (QED) is 0.287. The highest BCUT2D eigenvalue weighted by Crippen LogP contribution is 2.31. The Balaban J connectivity index is 2.25. The predicted octanol–water partition coefficient (Wildman–Crippen LogP) is 5.27. The zero-order valence-electron chi connectivity index (χ0n) is 22.4. The van der Waals surface area contributed by atoms with Crippen molar-refractivity contribution in [2.75, 3.05) is 30.8 Å². The highest BCUT2D eigenvalue weighted by Gasteiger charge is 2.29. The summed E-state index contributed by atoms with van der Waals surface area (Å²) in [6, 6.07) is 11.3. The van der Waals surface area contributed by atoms with E-state index in [1.165, 1.54) is 12.1 Å². The summed E-state index contributed by atoms with van der Waals surface area (Å²) in [6.07, 6.45) is 3.55. The molecule has 11 heteroatoms. The van der Waals surface area contributed by atoms with Gasteiger partial charge in [-0.25, -0.2) is 8.42 Å². The van der Waals surface area contributed by atoms with Gasteiger partial charge in [0, 0.05) is 31.1 Å². The van der Waals surface area contributed by atoms with Crippen molar-refractivity contribution in [2.24, 2.45) is 0 Å². The van der Waals surface area contributed by atoms with E-state index in [2.05, 4.69) is 5.32 Å². The van der Waals surface area contributed by atoms with E-state index in [-0.39, 0.29) is 48.5 Å². The van der Waals surface area contributed by atoms with Crippen molar-refractivity contribution in [3.63, 3.8) is 0 Å². The maximum absolute atomic E-state index is 13.5. The predicted molar refractivity (Wildman–Crippen MR) is 153 cm³/mol. The molecule has 0 heterocycles. The summed E-state index contributed by atoms with van der Waals surface area (Å²) in [6.45, 7) is 4.68. The molecular weight excluding hydrogens is 549 g/mol. The molecular formula is C27H37Cl2N3O5S. The molecule has 0 aliphatic rings. The highest BCUT2D eigenvalue weighted by molar-refractivity contribution is 7.92. The number of ether oxygens (including phenoxy) is 1. The van der Waals surface area contributed by atoms with Crippen molar-refractivity contribution >= 4 is 50.7 Å². The first-order valence-electron chi connectivity index (χ1n) is 12.6. The van der Waals surface area contributed by atoms with E-state index in [0.29, 0.717) is 23.7 Å². The van der Waals surface area contributed by atoms with Gasteiger partial charge in [0.2, 0.25) is 21.8 Å². The molecule has 2 aromatic carbocycles. The van der Waals surface area contributed by atoms with Crippen molar-refractivity contribution in [3.8, 4) is 5.75 Å². The maximum atomic E-state index is 13.5. The van der Waals surface area contributed by atoms with Crippen LogP contribution in [0.25, 0.3) is 0 Å². The van der Waals surface area contributed by atoms with E-state index in [4.69, 9.17) is 27.9 Å². The molecule has 0 bridgehead atoms. The highest BCUT2D eigenvalue weighted by atomic mass is 35.5. The van der Waals surface area contributed by atoms with Crippen molar-refractivity contribution in [1.29, 1.82) is 0 Å². The van der Waals surface area contributed by atoms with Crippen LogP contribution in [0.2, 0.25) is 10.0 Å². The molecule has 1 atom stereocenters. The molecule has 2 rings (SSSR count). The lowest BCUT2D eigenvalue weighted by Gasteiger charge is -2.31. The molecule has 0 fully saturated rings. The molecule has 1 N–H and O–H groups in total. The number of nitrogens with zero attached hydrogens (tertiary/aromatic N) is 2. The molecule has 210 valence electrons. The van der Waals surface area contributed by atoms with Gasteiger partial charge in [-0.2, -0.15) is 0 Å². The third-order valence-corrected chi connectivity index (χ3v) is 7.77. The van der Waals surface area contributed by atoms with Crippen LogP contribution in [-0.4, -0.2) is 57.6 Å². The van der Waals surface area contributed by atoms with Crippen LogP contribution in [-0.2, 0) is 26.2 Å². The van der Waals surface area contributed by atoms with Crippen molar-refractivity contribution in [3.05, 3.63) is 58.1 Å². The molecule has 8 nitrogen and oxygen atoms in total. The third kappa shape index (κ3) is 9.36. The number of methoxy groups -OCH3 is 1. The van der Waals surface area contributed by atoms with Crippen LogP contribution in [0.5, 0.6) is 5.75 Å². The monoisotopic (exact) mass is 585 g/mol. The normalized spacial score (nSPS) is 12.1. The Morgan fingerprint density at radius 1 is 1.08 bits per heavy atom.